The molecule has 0 spiro atoms. The van der Waals surface area contributed by atoms with Gasteiger partial charge in [-0.2, -0.15) is 0 Å². The van der Waals surface area contributed by atoms with E-state index in [2.05, 4.69) is 35.8 Å². The number of hydrogen-bond acceptors (Lipinski definition) is 5. The second-order valence-electron chi connectivity index (χ2n) is 4.13. The van der Waals surface area contributed by atoms with Crippen molar-refractivity contribution in [1.29, 1.82) is 0 Å². The Balaban J connectivity index is 2.49. The maximum atomic E-state index is 11.2. The maximum Gasteiger partial charge on any atom is 0.357 e. The monoisotopic (exact) mass is 242 g/mol. The molecule has 90 valence electrons. The number of esters is 1. The standard InChI is InChI=1S/C11H18N2O2S/c1-7(2)8(3)5-12-11-13-9(6-16-11)10(14)15-4/h6-8H,5H2,1-4H3,(H,12,13). The lowest BCUT2D eigenvalue weighted by Gasteiger charge is -2.15. The summed E-state index contributed by atoms with van der Waals surface area (Å²) in [6.07, 6.45) is 0. The van der Waals surface area contributed by atoms with Gasteiger partial charge >= 0.3 is 5.97 Å². The quantitative estimate of drug-likeness (QED) is 0.806. The van der Waals surface area contributed by atoms with Crippen LogP contribution in [0.5, 0.6) is 0 Å². The number of methoxy groups -OCH3 is 1. The molecule has 0 saturated carbocycles. The van der Waals surface area contributed by atoms with E-state index in [0.717, 1.165) is 11.7 Å². The van der Waals surface area contributed by atoms with E-state index < -0.39 is 0 Å². The summed E-state index contributed by atoms with van der Waals surface area (Å²) >= 11 is 1.42. The largest absolute Gasteiger partial charge is 0.464 e. The topological polar surface area (TPSA) is 51.2 Å². The first kappa shape index (κ1) is 13.0. The Morgan fingerprint density at radius 2 is 2.25 bits per heavy atom. The predicted molar refractivity (Wildman–Crippen MR) is 65.9 cm³/mol. The summed E-state index contributed by atoms with van der Waals surface area (Å²) in [4.78, 5) is 15.3. The fourth-order valence-corrected chi connectivity index (χ4v) is 1.73. The number of rotatable bonds is 5. The predicted octanol–water partition coefficient (Wildman–Crippen LogP) is 2.63. The van der Waals surface area contributed by atoms with Crippen molar-refractivity contribution in [1.82, 2.24) is 4.98 Å². The van der Waals surface area contributed by atoms with Gasteiger partial charge in [0.15, 0.2) is 10.8 Å². The summed E-state index contributed by atoms with van der Waals surface area (Å²) in [7, 11) is 1.36. The van der Waals surface area contributed by atoms with Crippen LogP contribution in [-0.4, -0.2) is 24.6 Å². The number of nitrogens with zero attached hydrogens (tertiary/aromatic N) is 1. The summed E-state index contributed by atoms with van der Waals surface area (Å²) in [5.74, 6) is 0.819. The van der Waals surface area contributed by atoms with Crippen LogP contribution in [0.1, 0.15) is 31.3 Å². The zero-order valence-corrected chi connectivity index (χ0v) is 10.9. The molecule has 1 atom stereocenters. The molecule has 1 aromatic heterocycles. The molecule has 0 fully saturated rings. The fraction of sp³-hybridized carbons (Fsp3) is 0.636. The van der Waals surface area contributed by atoms with E-state index in [1.54, 1.807) is 5.38 Å². The molecule has 0 aliphatic heterocycles. The Morgan fingerprint density at radius 1 is 1.56 bits per heavy atom. The Morgan fingerprint density at radius 3 is 2.81 bits per heavy atom. The molecule has 0 radical (unpaired) electrons. The molecule has 0 saturated heterocycles. The van der Waals surface area contributed by atoms with Gasteiger partial charge in [0.05, 0.1) is 7.11 Å². The second-order valence-corrected chi connectivity index (χ2v) is 4.99. The Hall–Kier alpha value is -1.10. The van der Waals surface area contributed by atoms with Gasteiger partial charge in [-0.15, -0.1) is 11.3 Å². The van der Waals surface area contributed by atoms with Crippen molar-refractivity contribution in [2.24, 2.45) is 11.8 Å². The molecule has 1 N–H and O–H groups in total. The van der Waals surface area contributed by atoms with Crippen LogP contribution in [0.25, 0.3) is 0 Å². The molecule has 0 amide bonds. The van der Waals surface area contributed by atoms with Crippen LogP contribution in [0.2, 0.25) is 0 Å². The van der Waals surface area contributed by atoms with Crippen molar-refractivity contribution in [3.63, 3.8) is 0 Å². The summed E-state index contributed by atoms with van der Waals surface area (Å²) in [6, 6.07) is 0. The van der Waals surface area contributed by atoms with E-state index >= 15 is 0 Å². The molecular weight excluding hydrogens is 224 g/mol. The Kier molecular flexibility index (Phi) is 4.73. The first-order chi connectivity index (χ1) is 7.54. The van der Waals surface area contributed by atoms with Crippen molar-refractivity contribution in [3.8, 4) is 0 Å². The minimum atomic E-state index is -0.388. The normalized spacial score (nSPS) is 12.6. The number of anilines is 1. The lowest BCUT2D eigenvalue weighted by molar-refractivity contribution is 0.0595. The highest BCUT2D eigenvalue weighted by Gasteiger charge is 2.12. The Bertz CT molecular complexity index is 350. The van der Waals surface area contributed by atoms with Crippen LogP contribution in [-0.2, 0) is 4.74 Å². The summed E-state index contributed by atoms with van der Waals surface area (Å²) < 4.78 is 4.59. The van der Waals surface area contributed by atoms with Gasteiger partial charge in [0, 0.05) is 11.9 Å². The number of carbonyl (C=O) groups is 1. The highest BCUT2D eigenvalue weighted by atomic mass is 32.1. The van der Waals surface area contributed by atoms with Gasteiger partial charge in [0.25, 0.3) is 0 Å². The van der Waals surface area contributed by atoms with Crippen LogP contribution in [0.4, 0.5) is 5.13 Å². The van der Waals surface area contributed by atoms with Gasteiger partial charge in [-0.25, -0.2) is 9.78 Å². The van der Waals surface area contributed by atoms with Crippen LogP contribution < -0.4 is 5.32 Å². The van der Waals surface area contributed by atoms with E-state index in [1.807, 2.05) is 0 Å². The molecule has 5 heteroatoms. The number of nitrogens with one attached hydrogen (secondary N) is 1. The van der Waals surface area contributed by atoms with Crippen molar-refractivity contribution >= 4 is 22.4 Å². The van der Waals surface area contributed by atoms with Crippen LogP contribution in [0.15, 0.2) is 5.38 Å². The first-order valence-corrected chi connectivity index (χ1v) is 6.20. The van der Waals surface area contributed by atoms with Gasteiger partial charge in [-0.05, 0) is 11.8 Å². The second kappa shape index (κ2) is 5.84. The molecule has 0 aliphatic carbocycles. The lowest BCUT2D eigenvalue weighted by atomic mass is 9.98. The van der Waals surface area contributed by atoms with Gasteiger partial charge in [-0.3, -0.25) is 0 Å². The lowest BCUT2D eigenvalue weighted by Crippen LogP contribution is -2.16. The summed E-state index contributed by atoms with van der Waals surface area (Å²) in [5, 5.41) is 5.70. The van der Waals surface area contributed by atoms with Crippen molar-refractivity contribution in [2.75, 3.05) is 19.0 Å². The summed E-state index contributed by atoms with van der Waals surface area (Å²) in [5.41, 5.74) is 0.368. The molecule has 0 aromatic carbocycles. The van der Waals surface area contributed by atoms with E-state index in [1.165, 1.54) is 18.4 Å². The zero-order valence-electron chi connectivity index (χ0n) is 10.1. The molecule has 4 nitrogen and oxygen atoms in total. The number of carbonyl (C=O) groups excluding carboxylic acids is 1. The van der Waals surface area contributed by atoms with Crippen LogP contribution >= 0.6 is 11.3 Å². The van der Waals surface area contributed by atoms with E-state index in [-0.39, 0.29) is 5.97 Å². The van der Waals surface area contributed by atoms with Crippen LogP contribution in [0, 0.1) is 11.8 Å². The minimum Gasteiger partial charge on any atom is -0.464 e. The first-order valence-electron chi connectivity index (χ1n) is 5.32. The van der Waals surface area contributed by atoms with Gasteiger partial charge < -0.3 is 10.1 Å². The maximum absolute atomic E-state index is 11.2. The van der Waals surface area contributed by atoms with Crippen LogP contribution in [0.3, 0.4) is 0 Å². The molecule has 16 heavy (non-hydrogen) atoms. The minimum absolute atomic E-state index is 0.368. The molecule has 0 bridgehead atoms. The zero-order chi connectivity index (χ0) is 12.1. The molecule has 1 rings (SSSR count). The highest BCUT2D eigenvalue weighted by Crippen LogP contribution is 2.17. The SMILES string of the molecule is COC(=O)c1csc(NCC(C)C(C)C)n1. The number of thiazole rings is 1. The molecule has 0 aliphatic rings. The molecule has 1 unspecified atom stereocenters. The Labute approximate surface area is 100 Å². The number of ether oxygens (including phenoxy) is 1. The summed E-state index contributed by atoms with van der Waals surface area (Å²) in [6.45, 7) is 7.43. The fourth-order valence-electron chi connectivity index (χ4n) is 1.04. The van der Waals surface area contributed by atoms with Crippen molar-refractivity contribution in [3.05, 3.63) is 11.1 Å². The van der Waals surface area contributed by atoms with E-state index in [9.17, 15) is 4.79 Å². The average Bonchev–Trinajstić information content (AvgIpc) is 2.73. The van der Waals surface area contributed by atoms with E-state index in [0.29, 0.717) is 17.5 Å². The molecule has 1 heterocycles. The number of aromatic nitrogens is 1. The van der Waals surface area contributed by atoms with Gasteiger partial charge in [0.1, 0.15) is 0 Å². The van der Waals surface area contributed by atoms with Gasteiger partial charge in [0.2, 0.25) is 0 Å². The smallest absolute Gasteiger partial charge is 0.357 e. The third-order valence-corrected chi connectivity index (χ3v) is 3.41. The van der Waals surface area contributed by atoms with Gasteiger partial charge in [-0.1, -0.05) is 20.8 Å². The molecule has 1 aromatic rings. The third-order valence-electron chi connectivity index (χ3n) is 2.61. The highest BCUT2D eigenvalue weighted by molar-refractivity contribution is 7.13. The number of hydrogen-bond donors (Lipinski definition) is 1. The van der Waals surface area contributed by atoms with Crippen molar-refractivity contribution < 1.29 is 9.53 Å². The van der Waals surface area contributed by atoms with E-state index in [4.69, 9.17) is 0 Å². The average molecular weight is 242 g/mol. The third kappa shape index (κ3) is 3.48. The van der Waals surface area contributed by atoms with Crippen molar-refractivity contribution in [2.45, 2.75) is 20.8 Å². The molecular formula is C11H18N2O2S.